The van der Waals surface area contributed by atoms with Gasteiger partial charge in [0, 0.05) is 37.9 Å². The second kappa shape index (κ2) is 4.33. The normalized spacial score (nSPS) is 24.1. The van der Waals surface area contributed by atoms with Crippen molar-refractivity contribution in [3.05, 3.63) is 11.9 Å². The Kier molecular flexibility index (Phi) is 3.17. The summed E-state index contributed by atoms with van der Waals surface area (Å²) in [4.78, 5) is 2.49. The Hall–Kier alpha value is -1.03. The number of aryl methyl sites for hydroxylation is 2. The molecule has 2 heterocycles. The highest BCUT2D eigenvalue weighted by atomic mass is 15.3. The molecule has 0 spiro atoms. The van der Waals surface area contributed by atoms with Crippen molar-refractivity contribution in [3.8, 4) is 0 Å². The summed E-state index contributed by atoms with van der Waals surface area (Å²) in [6.45, 7) is 11.0. The maximum atomic E-state index is 4.54. The van der Waals surface area contributed by atoms with Crippen LogP contribution in [0.15, 0.2) is 6.20 Å². The van der Waals surface area contributed by atoms with Gasteiger partial charge >= 0.3 is 0 Å². The number of nitrogens with one attached hydrogen (secondary N) is 1. The molecule has 1 fully saturated rings. The molecule has 1 aliphatic heterocycles. The Morgan fingerprint density at radius 2 is 2.24 bits per heavy atom. The fourth-order valence-electron chi connectivity index (χ4n) is 2.51. The van der Waals surface area contributed by atoms with E-state index in [2.05, 4.69) is 49.2 Å². The first-order chi connectivity index (χ1) is 7.93. The third-order valence-electron chi connectivity index (χ3n) is 3.50. The van der Waals surface area contributed by atoms with Crippen LogP contribution in [0.4, 0.5) is 5.69 Å². The van der Waals surface area contributed by atoms with Crippen LogP contribution < -0.4 is 10.2 Å². The molecule has 2 rings (SSSR count). The van der Waals surface area contributed by atoms with Gasteiger partial charge in [-0.05, 0) is 27.2 Å². The largest absolute Gasteiger partial charge is 0.363 e. The molecule has 4 nitrogen and oxygen atoms in total. The molecule has 0 radical (unpaired) electrons. The Balaban J connectivity index is 2.30. The minimum absolute atomic E-state index is 0.174. The van der Waals surface area contributed by atoms with E-state index in [9.17, 15) is 0 Å². The summed E-state index contributed by atoms with van der Waals surface area (Å²) in [6, 6.07) is 0.525. The van der Waals surface area contributed by atoms with Crippen molar-refractivity contribution in [3.63, 3.8) is 0 Å². The van der Waals surface area contributed by atoms with E-state index in [-0.39, 0.29) is 5.54 Å². The number of aromatic nitrogens is 2. The van der Waals surface area contributed by atoms with E-state index in [0.717, 1.165) is 19.5 Å². The zero-order valence-corrected chi connectivity index (χ0v) is 11.6. The zero-order valence-electron chi connectivity index (χ0n) is 11.6. The van der Waals surface area contributed by atoms with E-state index in [0.29, 0.717) is 6.04 Å². The maximum Gasteiger partial charge on any atom is 0.0855 e. The molecule has 96 valence electrons. The number of hydrogen-bond donors (Lipinski definition) is 1. The number of piperazine rings is 1. The molecule has 1 N–H and O–H groups in total. The third-order valence-corrected chi connectivity index (χ3v) is 3.50. The predicted octanol–water partition coefficient (Wildman–Crippen LogP) is 1.56. The van der Waals surface area contributed by atoms with Gasteiger partial charge in [0.2, 0.25) is 0 Å². The molecule has 1 aromatic heterocycles. The summed E-state index contributed by atoms with van der Waals surface area (Å²) in [6.07, 6.45) is 3.14. The predicted molar refractivity (Wildman–Crippen MR) is 71.5 cm³/mol. The standard InChI is InChI=1S/C13H24N4/c1-6-11-12(8-16(5)15-11)17-9-13(3,4)14-7-10(17)2/h8,10,14H,6-7,9H2,1-5H3. The van der Waals surface area contributed by atoms with Crippen molar-refractivity contribution in [1.29, 1.82) is 0 Å². The molecule has 0 aliphatic carbocycles. The van der Waals surface area contributed by atoms with E-state index < -0.39 is 0 Å². The van der Waals surface area contributed by atoms with Gasteiger partial charge < -0.3 is 10.2 Å². The monoisotopic (exact) mass is 236 g/mol. The molecule has 0 aromatic carbocycles. The van der Waals surface area contributed by atoms with Gasteiger partial charge in [-0.25, -0.2) is 0 Å². The average Bonchev–Trinajstić information content (AvgIpc) is 2.63. The molecule has 1 unspecified atom stereocenters. The molecule has 17 heavy (non-hydrogen) atoms. The SMILES string of the molecule is CCc1nn(C)cc1N1CC(C)(C)NCC1C. The van der Waals surface area contributed by atoms with Crippen molar-refractivity contribution in [1.82, 2.24) is 15.1 Å². The van der Waals surface area contributed by atoms with Crippen molar-refractivity contribution < 1.29 is 0 Å². The van der Waals surface area contributed by atoms with Crippen molar-refractivity contribution in [2.24, 2.45) is 7.05 Å². The summed E-state index contributed by atoms with van der Waals surface area (Å²) >= 11 is 0. The summed E-state index contributed by atoms with van der Waals surface area (Å²) in [5.41, 5.74) is 2.68. The van der Waals surface area contributed by atoms with E-state index in [4.69, 9.17) is 0 Å². The molecular weight excluding hydrogens is 212 g/mol. The Labute approximate surface area is 104 Å². The van der Waals surface area contributed by atoms with Gasteiger partial charge in [0.25, 0.3) is 0 Å². The smallest absolute Gasteiger partial charge is 0.0855 e. The Morgan fingerprint density at radius 3 is 2.88 bits per heavy atom. The fourth-order valence-corrected chi connectivity index (χ4v) is 2.51. The number of rotatable bonds is 2. The van der Waals surface area contributed by atoms with Crippen LogP contribution in [0.25, 0.3) is 0 Å². The highest BCUT2D eigenvalue weighted by Gasteiger charge is 2.31. The lowest BCUT2D eigenvalue weighted by molar-refractivity contribution is 0.318. The fraction of sp³-hybridized carbons (Fsp3) is 0.769. The van der Waals surface area contributed by atoms with Gasteiger partial charge in [-0.3, -0.25) is 4.68 Å². The number of nitrogens with zero attached hydrogens (tertiary/aromatic N) is 3. The zero-order chi connectivity index (χ0) is 12.6. The number of hydrogen-bond acceptors (Lipinski definition) is 3. The van der Waals surface area contributed by atoms with Crippen LogP contribution in [0.3, 0.4) is 0 Å². The highest BCUT2D eigenvalue weighted by molar-refractivity contribution is 5.51. The second-order valence-corrected chi connectivity index (χ2v) is 5.73. The molecule has 1 saturated heterocycles. The molecular formula is C13H24N4. The van der Waals surface area contributed by atoms with Gasteiger partial charge in [-0.15, -0.1) is 0 Å². The molecule has 0 amide bonds. The summed E-state index contributed by atoms with van der Waals surface area (Å²) < 4.78 is 1.93. The summed E-state index contributed by atoms with van der Waals surface area (Å²) in [7, 11) is 2.00. The Bertz CT molecular complexity index is 394. The minimum Gasteiger partial charge on any atom is -0.363 e. The molecule has 1 atom stereocenters. The van der Waals surface area contributed by atoms with Crippen LogP contribution in [0.2, 0.25) is 0 Å². The molecule has 0 saturated carbocycles. The van der Waals surface area contributed by atoms with Crippen LogP contribution in [-0.4, -0.2) is 34.5 Å². The molecule has 1 aliphatic rings. The van der Waals surface area contributed by atoms with Gasteiger partial charge in [0.1, 0.15) is 0 Å². The lowest BCUT2D eigenvalue weighted by Gasteiger charge is -2.44. The van der Waals surface area contributed by atoms with Crippen LogP contribution in [0.5, 0.6) is 0 Å². The summed E-state index contributed by atoms with van der Waals surface area (Å²) in [5.74, 6) is 0. The van der Waals surface area contributed by atoms with Crippen LogP contribution >= 0.6 is 0 Å². The minimum atomic E-state index is 0.174. The highest BCUT2D eigenvalue weighted by Crippen LogP contribution is 2.26. The van der Waals surface area contributed by atoms with E-state index in [1.54, 1.807) is 0 Å². The first kappa shape index (κ1) is 12.4. The second-order valence-electron chi connectivity index (χ2n) is 5.73. The van der Waals surface area contributed by atoms with Gasteiger partial charge in [0.05, 0.1) is 11.4 Å². The van der Waals surface area contributed by atoms with E-state index >= 15 is 0 Å². The molecule has 4 heteroatoms. The van der Waals surface area contributed by atoms with Gasteiger partial charge in [-0.2, -0.15) is 5.10 Å². The van der Waals surface area contributed by atoms with Crippen LogP contribution in [0.1, 0.15) is 33.4 Å². The Morgan fingerprint density at radius 1 is 1.53 bits per heavy atom. The van der Waals surface area contributed by atoms with Crippen molar-refractivity contribution in [2.75, 3.05) is 18.0 Å². The first-order valence-corrected chi connectivity index (χ1v) is 6.47. The third kappa shape index (κ3) is 2.46. The van der Waals surface area contributed by atoms with Gasteiger partial charge in [-0.1, -0.05) is 6.92 Å². The lowest BCUT2D eigenvalue weighted by atomic mass is 9.98. The van der Waals surface area contributed by atoms with Gasteiger partial charge in [0.15, 0.2) is 0 Å². The topological polar surface area (TPSA) is 33.1 Å². The first-order valence-electron chi connectivity index (χ1n) is 6.47. The van der Waals surface area contributed by atoms with Crippen molar-refractivity contribution >= 4 is 5.69 Å². The molecule has 1 aromatic rings. The maximum absolute atomic E-state index is 4.54. The average molecular weight is 236 g/mol. The van der Waals surface area contributed by atoms with E-state index in [1.807, 2.05) is 11.7 Å². The van der Waals surface area contributed by atoms with Crippen LogP contribution in [0, 0.1) is 0 Å². The van der Waals surface area contributed by atoms with Crippen LogP contribution in [-0.2, 0) is 13.5 Å². The summed E-state index contributed by atoms with van der Waals surface area (Å²) in [5, 5.41) is 8.12. The van der Waals surface area contributed by atoms with Crippen molar-refractivity contribution in [2.45, 2.75) is 45.7 Å². The quantitative estimate of drug-likeness (QED) is 0.846. The lowest BCUT2D eigenvalue weighted by Crippen LogP contribution is -2.61. The molecule has 0 bridgehead atoms. The van der Waals surface area contributed by atoms with E-state index in [1.165, 1.54) is 11.4 Å². The number of anilines is 1.